The van der Waals surface area contributed by atoms with Crippen LogP contribution in [0.25, 0.3) is 11.3 Å². The van der Waals surface area contributed by atoms with Crippen LogP contribution in [-0.2, 0) is 0 Å². The van der Waals surface area contributed by atoms with Gasteiger partial charge in [-0.2, -0.15) is 0 Å². The predicted octanol–water partition coefficient (Wildman–Crippen LogP) is 2.85. The average Bonchev–Trinajstić information content (AvgIpc) is 3.51. The molecule has 31 heavy (non-hydrogen) atoms. The van der Waals surface area contributed by atoms with Crippen LogP contribution in [0.1, 0.15) is 53.5 Å². The molecule has 3 aromatic heterocycles. The predicted molar refractivity (Wildman–Crippen MR) is 114 cm³/mol. The number of carbonyl (C=O) groups is 1. The van der Waals surface area contributed by atoms with Crippen molar-refractivity contribution in [3.05, 3.63) is 47.9 Å². The zero-order valence-electron chi connectivity index (χ0n) is 17.6. The first-order valence-corrected chi connectivity index (χ1v) is 10.8. The summed E-state index contributed by atoms with van der Waals surface area (Å²) in [6.07, 6.45) is 10.6. The van der Waals surface area contributed by atoms with Gasteiger partial charge in [-0.3, -0.25) is 9.78 Å². The summed E-state index contributed by atoms with van der Waals surface area (Å²) in [6, 6.07) is 1.91. The van der Waals surface area contributed by atoms with E-state index < -0.39 is 0 Å². The smallest absolute Gasteiger partial charge is 0.274 e. The number of rotatable bonds is 4. The molecule has 5 rings (SSSR count). The Labute approximate surface area is 180 Å². The van der Waals surface area contributed by atoms with Gasteiger partial charge >= 0.3 is 0 Å². The van der Waals surface area contributed by atoms with Crippen LogP contribution < -0.4 is 4.90 Å². The van der Waals surface area contributed by atoms with Crippen LogP contribution in [-0.4, -0.2) is 62.1 Å². The molecule has 2 saturated heterocycles. The summed E-state index contributed by atoms with van der Waals surface area (Å²) in [4.78, 5) is 34.9. The fourth-order valence-electron chi connectivity index (χ4n) is 4.40. The Hall–Kier alpha value is -3.36. The Morgan fingerprint density at radius 3 is 2.71 bits per heavy atom. The molecule has 0 aromatic carbocycles. The molecule has 1 amide bonds. The van der Waals surface area contributed by atoms with E-state index >= 15 is 0 Å². The van der Waals surface area contributed by atoms with E-state index in [0.717, 1.165) is 61.7 Å². The Balaban J connectivity index is 1.48. The third-order valence-corrected chi connectivity index (χ3v) is 5.97. The minimum atomic E-state index is -0.0938. The molecule has 9 nitrogen and oxygen atoms in total. The maximum absolute atomic E-state index is 13.0. The number of likely N-dealkylation sites (tertiary alicyclic amines) is 1. The fourth-order valence-corrected chi connectivity index (χ4v) is 4.40. The van der Waals surface area contributed by atoms with E-state index in [0.29, 0.717) is 24.5 Å². The molecule has 0 radical (unpaired) electrons. The van der Waals surface area contributed by atoms with Gasteiger partial charge in [-0.25, -0.2) is 15.0 Å². The van der Waals surface area contributed by atoms with Gasteiger partial charge in [0.1, 0.15) is 5.69 Å². The minimum Gasteiger partial charge on any atom is -0.356 e. The van der Waals surface area contributed by atoms with E-state index in [1.165, 1.54) is 6.20 Å². The Kier molecular flexibility index (Phi) is 5.31. The number of aromatic nitrogens is 5. The van der Waals surface area contributed by atoms with E-state index in [1.807, 2.05) is 24.1 Å². The maximum atomic E-state index is 13.0. The summed E-state index contributed by atoms with van der Waals surface area (Å²) in [5.41, 5.74) is 2.95. The zero-order chi connectivity index (χ0) is 21.2. The molecule has 0 bridgehead atoms. The van der Waals surface area contributed by atoms with Crippen molar-refractivity contribution in [2.75, 3.05) is 31.1 Å². The highest BCUT2D eigenvalue weighted by Crippen LogP contribution is 2.35. The lowest BCUT2D eigenvalue weighted by Gasteiger charge is -2.33. The third kappa shape index (κ3) is 3.99. The topological polar surface area (TPSA) is 101 Å². The summed E-state index contributed by atoms with van der Waals surface area (Å²) in [5.74, 6) is 1.41. The average molecular weight is 419 g/mol. The van der Waals surface area contributed by atoms with Gasteiger partial charge in [0.2, 0.25) is 5.95 Å². The van der Waals surface area contributed by atoms with Crippen molar-refractivity contribution >= 4 is 11.9 Å². The molecule has 0 N–H and O–H groups in total. The fraction of sp³-hybridized carbons (Fsp3) is 0.455. The third-order valence-electron chi connectivity index (χ3n) is 5.97. The quantitative estimate of drug-likeness (QED) is 0.636. The summed E-state index contributed by atoms with van der Waals surface area (Å²) in [5, 5.41) is 4.04. The highest BCUT2D eigenvalue weighted by atomic mass is 16.5. The molecule has 0 aliphatic carbocycles. The van der Waals surface area contributed by atoms with Crippen LogP contribution in [0.2, 0.25) is 0 Å². The zero-order valence-corrected chi connectivity index (χ0v) is 17.6. The van der Waals surface area contributed by atoms with Gasteiger partial charge < -0.3 is 14.3 Å². The number of carbonyl (C=O) groups excluding carboxylic acids is 1. The Morgan fingerprint density at radius 2 is 1.97 bits per heavy atom. The summed E-state index contributed by atoms with van der Waals surface area (Å²) in [7, 11) is 0. The van der Waals surface area contributed by atoms with E-state index in [1.54, 1.807) is 12.4 Å². The van der Waals surface area contributed by atoms with Crippen LogP contribution in [0.4, 0.5) is 5.95 Å². The van der Waals surface area contributed by atoms with Crippen LogP contribution in [0.3, 0.4) is 0 Å². The number of hydrogen-bond acceptors (Lipinski definition) is 8. The molecule has 2 aliphatic rings. The molecule has 3 aromatic rings. The van der Waals surface area contributed by atoms with Gasteiger partial charge in [0, 0.05) is 56.8 Å². The number of piperidine rings is 1. The number of nitrogens with zero attached hydrogens (tertiary/aromatic N) is 7. The van der Waals surface area contributed by atoms with Crippen molar-refractivity contribution in [3.8, 4) is 11.3 Å². The highest BCUT2D eigenvalue weighted by Gasteiger charge is 2.30. The van der Waals surface area contributed by atoms with Crippen molar-refractivity contribution < 1.29 is 9.32 Å². The Bertz CT molecular complexity index is 1060. The molecule has 2 fully saturated rings. The van der Waals surface area contributed by atoms with Crippen LogP contribution in [0.5, 0.6) is 0 Å². The van der Waals surface area contributed by atoms with E-state index in [-0.39, 0.29) is 11.8 Å². The lowest BCUT2D eigenvalue weighted by molar-refractivity contribution is 0.0699. The number of hydrogen-bond donors (Lipinski definition) is 0. The first-order valence-electron chi connectivity index (χ1n) is 10.8. The molecule has 0 unspecified atom stereocenters. The summed E-state index contributed by atoms with van der Waals surface area (Å²) < 4.78 is 5.55. The number of amides is 1. The van der Waals surface area contributed by atoms with Crippen LogP contribution in [0, 0.1) is 6.92 Å². The molecular weight excluding hydrogens is 394 g/mol. The summed E-state index contributed by atoms with van der Waals surface area (Å²) >= 11 is 0. The van der Waals surface area contributed by atoms with E-state index in [2.05, 4.69) is 25.0 Å². The molecule has 0 spiro atoms. The van der Waals surface area contributed by atoms with Crippen molar-refractivity contribution in [2.45, 2.75) is 38.5 Å². The van der Waals surface area contributed by atoms with E-state index in [9.17, 15) is 4.79 Å². The second-order valence-electron chi connectivity index (χ2n) is 8.18. The van der Waals surface area contributed by atoms with Gasteiger partial charge in [0.25, 0.3) is 5.91 Å². The molecule has 1 atom stereocenters. The number of aryl methyl sites for hydroxylation is 1. The lowest BCUT2D eigenvalue weighted by Crippen LogP contribution is -2.40. The Morgan fingerprint density at radius 1 is 1.10 bits per heavy atom. The first kappa shape index (κ1) is 19.6. The van der Waals surface area contributed by atoms with Crippen LogP contribution >= 0.6 is 0 Å². The van der Waals surface area contributed by atoms with Gasteiger partial charge in [-0.15, -0.1) is 0 Å². The first-order chi connectivity index (χ1) is 15.2. The molecule has 2 aliphatic heterocycles. The van der Waals surface area contributed by atoms with Crippen LogP contribution in [0.15, 0.2) is 35.4 Å². The SMILES string of the molecule is Cc1cc(-c2cnc(N3CCCC3)nc2[C@H]2CCCN(C(=O)c3cnccn3)C2)on1. The molecule has 5 heterocycles. The van der Waals surface area contributed by atoms with Crippen molar-refractivity contribution in [3.63, 3.8) is 0 Å². The standard InChI is InChI=1S/C22H25N7O2/c1-15-11-19(31-27-15)17-12-25-22(28-8-2-3-9-28)26-20(17)16-5-4-10-29(14-16)21(30)18-13-23-6-7-24-18/h6-7,11-13,16H,2-5,8-10,14H2,1H3/t16-/m0/s1. The van der Waals surface area contributed by atoms with Crippen molar-refractivity contribution in [2.24, 2.45) is 0 Å². The van der Waals surface area contributed by atoms with Gasteiger partial charge in [-0.1, -0.05) is 5.16 Å². The second kappa shape index (κ2) is 8.41. The molecule has 9 heteroatoms. The van der Waals surface area contributed by atoms with Gasteiger partial charge in [0.15, 0.2) is 5.76 Å². The largest absolute Gasteiger partial charge is 0.356 e. The van der Waals surface area contributed by atoms with Gasteiger partial charge in [0.05, 0.1) is 23.1 Å². The normalized spacial score (nSPS) is 19.1. The molecular formula is C22H25N7O2. The van der Waals surface area contributed by atoms with Gasteiger partial charge in [-0.05, 0) is 32.6 Å². The number of anilines is 1. The highest BCUT2D eigenvalue weighted by molar-refractivity contribution is 5.92. The molecule has 0 saturated carbocycles. The minimum absolute atomic E-state index is 0.0825. The maximum Gasteiger partial charge on any atom is 0.274 e. The van der Waals surface area contributed by atoms with Crippen molar-refractivity contribution in [1.29, 1.82) is 0 Å². The summed E-state index contributed by atoms with van der Waals surface area (Å²) in [6.45, 7) is 5.12. The lowest BCUT2D eigenvalue weighted by atomic mass is 9.91. The monoisotopic (exact) mass is 419 g/mol. The van der Waals surface area contributed by atoms with E-state index in [4.69, 9.17) is 9.51 Å². The molecule has 160 valence electrons. The second-order valence-corrected chi connectivity index (χ2v) is 8.18. The van der Waals surface area contributed by atoms with Crippen molar-refractivity contribution in [1.82, 2.24) is 30.0 Å².